The Morgan fingerprint density at radius 1 is 1.33 bits per heavy atom. The first-order chi connectivity index (χ1) is 7.18. The van der Waals surface area contributed by atoms with Crippen LogP contribution in [0.3, 0.4) is 0 Å². The zero-order chi connectivity index (χ0) is 10.8. The van der Waals surface area contributed by atoms with Crippen molar-refractivity contribution in [1.82, 2.24) is 0 Å². The SMILES string of the molecule is C[C@H]1CCOC(=O)[C@@H]1c1ccc(N)cc1. The summed E-state index contributed by atoms with van der Waals surface area (Å²) in [5, 5.41) is 0. The Morgan fingerprint density at radius 2 is 2.00 bits per heavy atom. The van der Waals surface area contributed by atoms with Crippen molar-refractivity contribution < 1.29 is 9.53 Å². The number of carbonyl (C=O) groups is 1. The lowest BCUT2D eigenvalue weighted by Gasteiger charge is -2.27. The Bertz CT molecular complexity index is 358. The average molecular weight is 205 g/mol. The number of carbonyl (C=O) groups excluding carboxylic acids is 1. The summed E-state index contributed by atoms with van der Waals surface area (Å²) in [7, 11) is 0. The molecule has 15 heavy (non-hydrogen) atoms. The zero-order valence-corrected chi connectivity index (χ0v) is 8.77. The predicted molar refractivity (Wildman–Crippen MR) is 58.3 cm³/mol. The van der Waals surface area contributed by atoms with Crippen LogP contribution in [0.15, 0.2) is 24.3 Å². The molecule has 0 unspecified atom stereocenters. The van der Waals surface area contributed by atoms with Crippen molar-refractivity contribution in [3.63, 3.8) is 0 Å². The second kappa shape index (κ2) is 3.93. The second-order valence-electron chi connectivity index (χ2n) is 4.08. The predicted octanol–water partition coefficient (Wildman–Crippen LogP) is 1.94. The topological polar surface area (TPSA) is 52.3 Å². The van der Waals surface area contributed by atoms with Crippen LogP contribution in [0.4, 0.5) is 5.69 Å². The minimum absolute atomic E-state index is 0.112. The standard InChI is InChI=1S/C12H15NO2/c1-8-6-7-15-12(14)11(8)9-2-4-10(13)5-3-9/h2-5,8,11H,6-7,13H2,1H3/t8-,11-/m0/s1. The normalized spacial score (nSPS) is 26.1. The number of nitrogen functional groups attached to an aromatic ring is 1. The van der Waals surface area contributed by atoms with Crippen LogP contribution < -0.4 is 5.73 Å². The zero-order valence-electron chi connectivity index (χ0n) is 8.77. The molecule has 1 aromatic carbocycles. The highest BCUT2D eigenvalue weighted by Crippen LogP contribution is 2.32. The van der Waals surface area contributed by atoms with Gasteiger partial charge in [-0.25, -0.2) is 0 Å². The van der Waals surface area contributed by atoms with Gasteiger partial charge in [0.15, 0.2) is 0 Å². The molecule has 0 bridgehead atoms. The molecule has 0 aromatic heterocycles. The molecule has 2 N–H and O–H groups in total. The number of nitrogens with two attached hydrogens (primary N) is 1. The number of ether oxygens (including phenoxy) is 1. The van der Waals surface area contributed by atoms with Crippen LogP contribution in [0.5, 0.6) is 0 Å². The largest absolute Gasteiger partial charge is 0.465 e. The first-order valence-corrected chi connectivity index (χ1v) is 5.20. The molecule has 1 aliphatic rings. The second-order valence-corrected chi connectivity index (χ2v) is 4.08. The summed E-state index contributed by atoms with van der Waals surface area (Å²) >= 11 is 0. The fraction of sp³-hybridized carbons (Fsp3) is 0.417. The van der Waals surface area contributed by atoms with Gasteiger partial charge in [0, 0.05) is 5.69 Å². The molecule has 1 saturated heterocycles. The van der Waals surface area contributed by atoms with E-state index in [2.05, 4.69) is 6.92 Å². The maximum atomic E-state index is 11.6. The van der Waals surface area contributed by atoms with E-state index in [0.29, 0.717) is 12.5 Å². The summed E-state index contributed by atoms with van der Waals surface area (Å²) in [6, 6.07) is 7.46. The van der Waals surface area contributed by atoms with Crippen LogP contribution in [-0.2, 0) is 9.53 Å². The van der Waals surface area contributed by atoms with E-state index < -0.39 is 0 Å². The molecule has 0 aliphatic carbocycles. The lowest BCUT2D eigenvalue weighted by Crippen LogP contribution is -2.29. The summed E-state index contributed by atoms with van der Waals surface area (Å²) in [6.07, 6.45) is 0.931. The molecule has 1 aliphatic heterocycles. The number of rotatable bonds is 1. The highest BCUT2D eigenvalue weighted by atomic mass is 16.5. The minimum atomic E-state index is -0.126. The molecule has 2 rings (SSSR count). The van der Waals surface area contributed by atoms with Crippen LogP contribution in [0, 0.1) is 5.92 Å². The van der Waals surface area contributed by atoms with E-state index >= 15 is 0 Å². The van der Waals surface area contributed by atoms with E-state index in [1.165, 1.54) is 0 Å². The Hall–Kier alpha value is -1.51. The third kappa shape index (κ3) is 1.96. The number of hydrogen-bond acceptors (Lipinski definition) is 3. The number of anilines is 1. The number of hydrogen-bond donors (Lipinski definition) is 1. The van der Waals surface area contributed by atoms with Gasteiger partial charge in [0.1, 0.15) is 0 Å². The van der Waals surface area contributed by atoms with Crippen LogP contribution in [0.2, 0.25) is 0 Å². The Labute approximate surface area is 89.2 Å². The van der Waals surface area contributed by atoms with Gasteiger partial charge in [-0.1, -0.05) is 19.1 Å². The van der Waals surface area contributed by atoms with E-state index in [1.807, 2.05) is 24.3 Å². The number of esters is 1. The fourth-order valence-corrected chi connectivity index (χ4v) is 2.00. The Kier molecular flexibility index (Phi) is 2.62. The third-order valence-corrected chi connectivity index (χ3v) is 2.94. The monoisotopic (exact) mass is 205 g/mol. The quantitative estimate of drug-likeness (QED) is 0.563. The molecule has 0 saturated carbocycles. The first kappa shape index (κ1) is 10.0. The lowest BCUT2D eigenvalue weighted by molar-refractivity contribution is -0.151. The van der Waals surface area contributed by atoms with Crippen LogP contribution >= 0.6 is 0 Å². The van der Waals surface area contributed by atoms with Gasteiger partial charge in [-0.05, 0) is 30.0 Å². The van der Waals surface area contributed by atoms with E-state index in [9.17, 15) is 4.79 Å². The Morgan fingerprint density at radius 3 is 2.60 bits per heavy atom. The van der Waals surface area contributed by atoms with Gasteiger partial charge in [0.25, 0.3) is 0 Å². The van der Waals surface area contributed by atoms with Gasteiger partial charge in [-0.2, -0.15) is 0 Å². The van der Waals surface area contributed by atoms with Gasteiger partial charge in [-0.15, -0.1) is 0 Å². The first-order valence-electron chi connectivity index (χ1n) is 5.20. The highest BCUT2D eigenvalue weighted by molar-refractivity contribution is 5.79. The molecule has 1 aromatic rings. The van der Waals surface area contributed by atoms with Crippen molar-refractivity contribution >= 4 is 11.7 Å². The summed E-state index contributed by atoms with van der Waals surface area (Å²) in [6.45, 7) is 2.63. The average Bonchev–Trinajstić information content (AvgIpc) is 2.20. The van der Waals surface area contributed by atoms with Crippen molar-refractivity contribution in [3.05, 3.63) is 29.8 Å². The molecule has 0 amide bonds. The smallest absolute Gasteiger partial charge is 0.313 e. The van der Waals surface area contributed by atoms with Crippen molar-refractivity contribution in [2.45, 2.75) is 19.3 Å². The van der Waals surface area contributed by atoms with Gasteiger partial charge in [-0.3, -0.25) is 4.79 Å². The molecular formula is C12H15NO2. The van der Waals surface area contributed by atoms with Crippen molar-refractivity contribution in [2.75, 3.05) is 12.3 Å². The summed E-state index contributed by atoms with van der Waals surface area (Å²) in [5.74, 6) is 0.104. The van der Waals surface area contributed by atoms with Crippen LogP contribution in [0.25, 0.3) is 0 Å². The molecule has 1 fully saturated rings. The minimum Gasteiger partial charge on any atom is -0.465 e. The summed E-state index contributed by atoms with van der Waals surface area (Å²) in [4.78, 5) is 11.6. The van der Waals surface area contributed by atoms with E-state index in [1.54, 1.807) is 0 Å². The lowest BCUT2D eigenvalue weighted by atomic mass is 9.84. The summed E-state index contributed by atoms with van der Waals surface area (Å²) in [5.41, 5.74) is 7.33. The molecule has 2 atom stereocenters. The van der Waals surface area contributed by atoms with E-state index in [4.69, 9.17) is 10.5 Å². The molecule has 3 nitrogen and oxygen atoms in total. The van der Waals surface area contributed by atoms with Crippen molar-refractivity contribution in [1.29, 1.82) is 0 Å². The maximum absolute atomic E-state index is 11.6. The highest BCUT2D eigenvalue weighted by Gasteiger charge is 2.31. The van der Waals surface area contributed by atoms with Gasteiger partial charge >= 0.3 is 5.97 Å². The molecule has 80 valence electrons. The molecule has 3 heteroatoms. The molecular weight excluding hydrogens is 190 g/mol. The van der Waals surface area contributed by atoms with Crippen molar-refractivity contribution in [3.8, 4) is 0 Å². The van der Waals surface area contributed by atoms with Crippen LogP contribution in [0.1, 0.15) is 24.8 Å². The van der Waals surface area contributed by atoms with Gasteiger partial charge in [0.05, 0.1) is 12.5 Å². The third-order valence-electron chi connectivity index (χ3n) is 2.94. The summed E-state index contributed by atoms with van der Waals surface area (Å²) < 4.78 is 5.08. The fourth-order valence-electron chi connectivity index (χ4n) is 2.00. The number of benzene rings is 1. The van der Waals surface area contributed by atoms with Crippen LogP contribution in [-0.4, -0.2) is 12.6 Å². The van der Waals surface area contributed by atoms with Crippen molar-refractivity contribution in [2.24, 2.45) is 5.92 Å². The maximum Gasteiger partial charge on any atom is 0.313 e. The van der Waals surface area contributed by atoms with E-state index in [0.717, 1.165) is 17.7 Å². The van der Waals surface area contributed by atoms with Gasteiger partial charge in [0.2, 0.25) is 0 Å². The molecule has 0 spiro atoms. The molecule has 0 radical (unpaired) electrons. The van der Waals surface area contributed by atoms with E-state index in [-0.39, 0.29) is 11.9 Å². The Balaban J connectivity index is 2.27. The molecule has 1 heterocycles. The van der Waals surface area contributed by atoms with Gasteiger partial charge < -0.3 is 10.5 Å². The number of cyclic esters (lactones) is 1.